The second kappa shape index (κ2) is 6.96. The molecule has 164 valence electrons. The zero-order chi connectivity index (χ0) is 21.1. The van der Waals surface area contributed by atoms with Crippen molar-refractivity contribution in [3.05, 3.63) is 0 Å². The summed E-state index contributed by atoms with van der Waals surface area (Å²) in [6.45, 7) is 11.7. The van der Waals surface area contributed by atoms with E-state index >= 15 is 0 Å². The first-order valence-electron chi connectivity index (χ1n) is 11.5. The van der Waals surface area contributed by atoms with Gasteiger partial charge in [0.25, 0.3) is 0 Å². The van der Waals surface area contributed by atoms with Crippen molar-refractivity contribution in [3.8, 4) is 0 Å². The van der Waals surface area contributed by atoms with Crippen LogP contribution < -0.4 is 0 Å². The van der Waals surface area contributed by atoms with Crippen LogP contribution >= 0.6 is 0 Å². The summed E-state index contributed by atoms with van der Waals surface area (Å²) in [5.74, 6) is 0.404. The van der Waals surface area contributed by atoms with E-state index in [1.165, 1.54) is 0 Å². The van der Waals surface area contributed by atoms with Gasteiger partial charge in [0.15, 0.2) is 0 Å². The van der Waals surface area contributed by atoms with Gasteiger partial charge in [0.1, 0.15) is 12.7 Å². The highest BCUT2D eigenvalue weighted by Gasteiger charge is 2.60. The highest BCUT2D eigenvalue weighted by Crippen LogP contribution is 2.61. The van der Waals surface area contributed by atoms with Crippen molar-refractivity contribution in [3.63, 3.8) is 0 Å². The Bertz CT molecular complexity index is 677. The maximum Gasteiger partial charge on any atom is 0.312 e. The Labute approximate surface area is 175 Å². The molecule has 0 aromatic heterocycles. The Kier molecular flexibility index (Phi) is 5.08. The van der Waals surface area contributed by atoms with Crippen LogP contribution in [0, 0.1) is 28.1 Å². The molecule has 0 spiro atoms. The Morgan fingerprint density at radius 1 is 1.10 bits per heavy atom. The molecule has 5 fully saturated rings. The molecule has 5 atom stereocenters. The van der Waals surface area contributed by atoms with Gasteiger partial charge in [0.2, 0.25) is 0 Å². The van der Waals surface area contributed by atoms with Gasteiger partial charge in [-0.1, -0.05) is 34.6 Å². The van der Waals surface area contributed by atoms with Crippen molar-refractivity contribution in [2.24, 2.45) is 28.1 Å². The lowest BCUT2D eigenvalue weighted by Gasteiger charge is -2.56. The largest absolute Gasteiger partial charge is 0.463 e. The monoisotopic (exact) mass is 406 g/mol. The molecule has 2 heterocycles. The van der Waals surface area contributed by atoms with Crippen LogP contribution in [-0.4, -0.2) is 36.9 Å². The minimum absolute atomic E-state index is 0.00197. The molecule has 5 nitrogen and oxygen atoms in total. The van der Waals surface area contributed by atoms with E-state index < -0.39 is 0 Å². The predicted molar refractivity (Wildman–Crippen MR) is 109 cm³/mol. The average Bonchev–Trinajstić information content (AvgIpc) is 2.76. The second-order valence-corrected chi connectivity index (χ2v) is 12.1. The lowest BCUT2D eigenvalue weighted by molar-refractivity contribution is -0.189. The minimum Gasteiger partial charge on any atom is -0.463 e. The highest BCUT2D eigenvalue weighted by atomic mass is 16.6. The first-order valence-corrected chi connectivity index (χ1v) is 11.5. The summed E-state index contributed by atoms with van der Waals surface area (Å²) in [6.07, 6.45) is 7.30. The van der Waals surface area contributed by atoms with Crippen molar-refractivity contribution in [2.75, 3.05) is 13.2 Å². The predicted octanol–water partition coefficient (Wildman–Crippen LogP) is 4.66. The number of hydrogen-bond acceptors (Lipinski definition) is 5. The molecule has 3 aliphatic carbocycles. The molecule has 0 amide bonds. The van der Waals surface area contributed by atoms with E-state index in [1.54, 1.807) is 0 Å². The van der Waals surface area contributed by atoms with E-state index in [9.17, 15) is 9.59 Å². The molecule has 4 bridgehead atoms. The van der Waals surface area contributed by atoms with Crippen LogP contribution in [0.4, 0.5) is 0 Å². The molecule has 0 radical (unpaired) electrons. The molecule has 0 aromatic carbocycles. The lowest BCUT2D eigenvalue weighted by atomic mass is 9.47. The molecule has 2 saturated heterocycles. The van der Waals surface area contributed by atoms with Crippen molar-refractivity contribution in [1.82, 2.24) is 0 Å². The topological polar surface area (TPSA) is 61.8 Å². The summed E-state index contributed by atoms with van der Waals surface area (Å²) >= 11 is 0. The van der Waals surface area contributed by atoms with Crippen LogP contribution in [0.1, 0.15) is 86.0 Å². The molecule has 0 N–H and O–H groups in total. The maximum absolute atomic E-state index is 13.1. The number of ether oxygens (including phenoxy) is 3. The fraction of sp³-hybridized carbons (Fsp3) is 0.917. The van der Waals surface area contributed by atoms with Crippen molar-refractivity contribution in [1.29, 1.82) is 0 Å². The number of esters is 2. The van der Waals surface area contributed by atoms with Gasteiger partial charge in [-0.05, 0) is 61.7 Å². The summed E-state index contributed by atoms with van der Waals surface area (Å²) in [7, 11) is 0. The Balaban J connectivity index is 1.33. The fourth-order valence-corrected chi connectivity index (χ4v) is 6.69. The van der Waals surface area contributed by atoms with E-state index in [-0.39, 0.29) is 52.4 Å². The Morgan fingerprint density at radius 3 is 2.48 bits per heavy atom. The number of fused-ring (bicyclic) bond motifs is 1. The van der Waals surface area contributed by atoms with Crippen LogP contribution in [0.5, 0.6) is 0 Å². The van der Waals surface area contributed by atoms with Gasteiger partial charge < -0.3 is 14.2 Å². The number of carbonyl (C=O) groups excluding carboxylic acids is 2. The van der Waals surface area contributed by atoms with Crippen LogP contribution in [0.15, 0.2) is 0 Å². The summed E-state index contributed by atoms with van der Waals surface area (Å²) in [5, 5.41) is 0. The fourth-order valence-electron chi connectivity index (χ4n) is 6.69. The van der Waals surface area contributed by atoms with Gasteiger partial charge >= 0.3 is 11.9 Å². The van der Waals surface area contributed by atoms with E-state index in [4.69, 9.17) is 14.2 Å². The van der Waals surface area contributed by atoms with Gasteiger partial charge in [0.05, 0.1) is 23.5 Å². The third-order valence-corrected chi connectivity index (χ3v) is 8.13. The van der Waals surface area contributed by atoms with E-state index in [0.29, 0.717) is 12.5 Å². The van der Waals surface area contributed by atoms with Crippen LogP contribution in [0.25, 0.3) is 0 Å². The third kappa shape index (κ3) is 3.84. The summed E-state index contributed by atoms with van der Waals surface area (Å²) in [5.41, 5.74) is -0.595. The minimum atomic E-state index is -0.385. The van der Waals surface area contributed by atoms with Crippen molar-refractivity contribution >= 4 is 11.9 Å². The van der Waals surface area contributed by atoms with Gasteiger partial charge in [-0.15, -0.1) is 0 Å². The standard InChI is InChI=1S/C24H38O5/c1-21(2,3)15-24(7-6-22(24,4)5)20(26)27-8-9-28-23-12-16-10-17(13-23)19(25)29-18(11-16)14-23/h16-18H,6-15H2,1-5H3. The van der Waals surface area contributed by atoms with Gasteiger partial charge in [-0.3, -0.25) is 9.59 Å². The number of rotatable bonds is 6. The molecular weight excluding hydrogens is 368 g/mol. The van der Waals surface area contributed by atoms with Gasteiger partial charge in [0, 0.05) is 6.42 Å². The summed E-state index contributed by atoms with van der Waals surface area (Å²) in [6, 6.07) is 0. The molecule has 5 heteroatoms. The van der Waals surface area contributed by atoms with Gasteiger partial charge in [-0.2, -0.15) is 0 Å². The zero-order valence-corrected chi connectivity index (χ0v) is 18.8. The van der Waals surface area contributed by atoms with E-state index in [1.807, 2.05) is 0 Å². The summed E-state index contributed by atoms with van der Waals surface area (Å²) < 4.78 is 17.8. The SMILES string of the molecule is CC(C)(C)CC1(C(=O)OCCOC23CC4CC(C2)OC(=O)C(C4)C3)CCC1(C)C. The normalized spacial score (nSPS) is 40.2. The smallest absolute Gasteiger partial charge is 0.312 e. The first-order chi connectivity index (χ1) is 13.4. The molecule has 0 aromatic rings. The molecule has 29 heavy (non-hydrogen) atoms. The summed E-state index contributed by atoms with van der Waals surface area (Å²) in [4.78, 5) is 25.3. The van der Waals surface area contributed by atoms with Crippen LogP contribution in [-0.2, 0) is 23.8 Å². The Hall–Kier alpha value is -1.10. The lowest BCUT2D eigenvalue weighted by Crippen LogP contribution is -2.55. The average molecular weight is 407 g/mol. The van der Waals surface area contributed by atoms with Crippen LogP contribution in [0.2, 0.25) is 0 Å². The Morgan fingerprint density at radius 2 is 1.86 bits per heavy atom. The quantitative estimate of drug-likeness (QED) is 0.474. The highest BCUT2D eigenvalue weighted by molar-refractivity contribution is 5.79. The van der Waals surface area contributed by atoms with E-state index in [0.717, 1.165) is 51.4 Å². The maximum atomic E-state index is 13.1. The molecule has 5 unspecified atom stereocenters. The molecule has 3 saturated carbocycles. The molecular formula is C24H38O5. The zero-order valence-electron chi connectivity index (χ0n) is 18.8. The number of carbonyl (C=O) groups is 2. The van der Waals surface area contributed by atoms with Crippen molar-refractivity contribution in [2.45, 2.75) is 97.7 Å². The molecule has 2 aliphatic heterocycles. The third-order valence-electron chi connectivity index (χ3n) is 8.13. The van der Waals surface area contributed by atoms with Crippen molar-refractivity contribution < 1.29 is 23.8 Å². The molecule has 5 aliphatic rings. The van der Waals surface area contributed by atoms with Gasteiger partial charge in [-0.25, -0.2) is 0 Å². The van der Waals surface area contributed by atoms with E-state index in [2.05, 4.69) is 34.6 Å². The number of hydrogen-bond donors (Lipinski definition) is 0. The van der Waals surface area contributed by atoms with Crippen LogP contribution in [0.3, 0.4) is 0 Å². The first kappa shape index (κ1) is 21.1. The second-order valence-electron chi connectivity index (χ2n) is 12.1. The molecule has 5 rings (SSSR count).